The molecule has 3 rings (SSSR count). The van der Waals surface area contributed by atoms with Crippen LogP contribution in [0.2, 0.25) is 0 Å². The summed E-state index contributed by atoms with van der Waals surface area (Å²) in [5.74, 6) is 1.69. The molecule has 5 heteroatoms. The number of ether oxygens (including phenoxy) is 1. The van der Waals surface area contributed by atoms with Crippen molar-refractivity contribution in [1.82, 2.24) is 4.90 Å². The van der Waals surface area contributed by atoms with Crippen LogP contribution in [0.1, 0.15) is 26.7 Å². The van der Waals surface area contributed by atoms with E-state index in [2.05, 4.69) is 13.8 Å². The zero-order valence-corrected chi connectivity index (χ0v) is 14.7. The van der Waals surface area contributed by atoms with E-state index in [9.17, 15) is 9.59 Å². The standard InChI is InChI=1S/C19H26N2O3/c1-13-7-14(2)11-20(10-13)19(23)15-8-18(22)21(12-15)16-5-4-6-17(9-16)24-3/h4-6,9,13-15H,7-8,10-12H2,1-3H3. The summed E-state index contributed by atoms with van der Waals surface area (Å²) in [6.07, 6.45) is 1.47. The Morgan fingerprint density at radius 1 is 1.17 bits per heavy atom. The van der Waals surface area contributed by atoms with Crippen molar-refractivity contribution < 1.29 is 14.3 Å². The lowest BCUT2D eigenvalue weighted by Gasteiger charge is -2.36. The number of methoxy groups -OCH3 is 1. The van der Waals surface area contributed by atoms with Crippen molar-refractivity contribution in [2.24, 2.45) is 17.8 Å². The van der Waals surface area contributed by atoms with Gasteiger partial charge in [0.1, 0.15) is 5.75 Å². The molecule has 130 valence electrons. The second-order valence-corrected chi connectivity index (χ2v) is 7.30. The summed E-state index contributed by atoms with van der Waals surface area (Å²) in [7, 11) is 1.61. The van der Waals surface area contributed by atoms with Crippen molar-refractivity contribution in [3.05, 3.63) is 24.3 Å². The zero-order chi connectivity index (χ0) is 17.3. The normalized spacial score (nSPS) is 27.5. The van der Waals surface area contributed by atoms with Gasteiger partial charge in [-0.2, -0.15) is 0 Å². The summed E-state index contributed by atoms with van der Waals surface area (Å²) in [6.45, 7) is 6.47. The predicted molar refractivity (Wildman–Crippen MR) is 93.0 cm³/mol. The van der Waals surface area contributed by atoms with Crippen LogP contribution in [0.3, 0.4) is 0 Å². The van der Waals surface area contributed by atoms with E-state index in [1.165, 1.54) is 6.42 Å². The van der Waals surface area contributed by atoms with Crippen LogP contribution in [0.15, 0.2) is 24.3 Å². The molecular formula is C19H26N2O3. The molecule has 2 fully saturated rings. The van der Waals surface area contributed by atoms with Crippen molar-refractivity contribution in [3.8, 4) is 5.75 Å². The molecule has 3 atom stereocenters. The van der Waals surface area contributed by atoms with Crippen LogP contribution >= 0.6 is 0 Å². The van der Waals surface area contributed by atoms with E-state index in [1.807, 2.05) is 29.2 Å². The maximum Gasteiger partial charge on any atom is 0.228 e. The molecule has 2 saturated heterocycles. The Balaban J connectivity index is 1.71. The smallest absolute Gasteiger partial charge is 0.228 e. The van der Waals surface area contributed by atoms with Crippen molar-refractivity contribution in [1.29, 1.82) is 0 Å². The first-order valence-corrected chi connectivity index (χ1v) is 8.71. The van der Waals surface area contributed by atoms with E-state index in [0.717, 1.165) is 18.8 Å². The van der Waals surface area contributed by atoms with Gasteiger partial charge in [0.2, 0.25) is 11.8 Å². The summed E-state index contributed by atoms with van der Waals surface area (Å²) in [5, 5.41) is 0. The van der Waals surface area contributed by atoms with E-state index < -0.39 is 0 Å². The van der Waals surface area contributed by atoms with E-state index in [4.69, 9.17) is 4.74 Å². The highest BCUT2D eigenvalue weighted by Gasteiger charge is 2.38. The van der Waals surface area contributed by atoms with Crippen molar-refractivity contribution in [3.63, 3.8) is 0 Å². The quantitative estimate of drug-likeness (QED) is 0.856. The summed E-state index contributed by atoms with van der Waals surface area (Å²) < 4.78 is 5.23. The molecule has 2 aliphatic rings. The lowest BCUT2D eigenvalue weighted by Crippen LogP contribution is -2.45. The number of likely N-dealkylation sites (tertiary alicyclic amines) is 1. The lowest BCUT2D eigenvalue weighted by atomic mass is 9.91. The van der Waals surface area contributed by atoms with Gasteiger partial charge in [-0.3, -0.25) is 9.59 Å². The zero-order valence-electron chi connectivity index (χ0n) is 14.7. The Bertz CT molecular complexity index is 621. The molecule has 0 spiro atoms. The fraction of sp³-hybridized carbons (Fsp3) is 0.579. The van der Waals surface area contributed by atoms with Crippen LogP contribution in [0.4, 0.5) is 5.69 Å². The van der Waals surface area contributed by atoms with Crippen LogP contribution in [-0.2, 0) is 9.59 Å². The van der Waals surface area contributed by atoms with Gasteiger partial charge in [-0.15, -0.1) is 0 Å². The third kappa shape index (κ3) is 3.40. The highest BCUT2D eigenvalue weighted by molar-refractivity contribution is 6.00. The number of nitrogens with zero attached hydrogens (tertiary/aromatic N) is 2. The molecule has 0 saturated carbocycles. The molecule has 1 aromatic carbocycles. The molecule has 0 bridgehead atoms. The minimum absolute atomic E-state index is 0.0136. The van der Waals surface area contributed by atoms with Gasteiger partial charge in [0, 0.05) is 37.8 Å². The van der Waals surface area contributed by atoms with Gasteiger partial charge in [0.25, 0.3) is 0 Å². The maximum atomic E-state index is 12.9. The van der Waals surface area contributed by atoms with E-state index in [1.54, 1.807) is 12.0 Å². The third-order valence-corrected chi connectivity index (χ3v) is 5.02. The second kappa shape index (κ2) is 6.83. The van der Waals surface area contributed by atoms with Gasteiger partial charge < -0.3 is 14.5 Å². The number of rotatable bonds is 3. The Morgan fingerprint density at radius 3 is 2.54 bits per heavy atom. The Hall–Kier alpha value is -2.04. The van der Waals surface area contributed by atoms with E-state index in [-0.39, 0.29) is 17.7 Å². The average molecular weight is 330 g/mol. The van der Waals surface area contributed by atoms with Gasteiger partial charge in [-0.05, 0) is 30.4 Å². The first-order valence-electron chi connectivity index (χ1n) is 8.71. The van der Waals surface area contributed by atoms with E-state index in [0.29, 0.717) is 30.6 Å². The first-order chi connectivity index (χ1) is 11.5. The maximum absolute atomic E-state index is 12.9. The Morgan fingerprint density at radius 2 is 1.88 bits per heavy atom. The minimum atomic E-state index is -0.235. The predicted octanol–water partition coefficient (Wildman–Crippen LogP) is 2.55. The van der Waals surface area contributed by atoms with E-state index >= 15 is 0 Å². The monoisotopic (exact) mass is 330 g/mol. The fourth-order valence-electron chi connectivity index (χ4n) is 4.00. The minimum Gasteiger partial charge on any atom is -0.497 e. The number of benzene rings is 1. The second-order valence-electron chi connectivity index (χ2n) is 7.30. The highest BCUT2D eigenvalue weighted by atomic mass is 16.5. The summed E-state index contributed by atoms with van der Waals surface area (Å²) in [6, 6.07) is 7.45. The highest BCUT2D eigenvalue weighted by Crippen LogP contribution is 2.30. The SMILES string of the molecule is COc1cccc(N2CC(C(=O)N3CC(C)CC(C)C3)CC2=O)c1. The molecule has 0 aromatic heterocycles. The molecule has 24 heavy (non-hydrogen) atoms. The van der Waals surface area contributed by atoms with Crippen molar-refractivity contribution in [2.45, 2.75) is 26.7 Å². The van der Waals surface area contributed by atoms with Crippen LogP contribution in [-0.4, -0.2) is 43.5 Å². The molecular weight excluding hydrogens is 304 g/mol. The van der Waals surface area contributed by atoms with Crippen LogP contribution in [0.25, 0.3) is 0 Å². The number of carbonyl (C=O) groups excluding carboxylic acids is 2. The van der Waals surface area contributed by atoms with Crippen LogP contribution in [0.5, 0.6) is 5.75 Å². The molecule has 0 aliphatic carbocycles. The molecule has 2 heterocycles. The Labute approximate surface area is 143 Å². The molecule has 0 N–H and O–H groups in total. The number of anilines is 1. The summed E-state index contributed by atoms with van der Waals surface area (Å²) in [5.41, 5.74) is 0.801. The third-order valence-electron chi connectivity index (χ3n) is 5.02. The average Bonchev–Trinajstić information content (AvgIpc) is 2.95. The molecule has 0 radical (unpaired) electrons. The Kier molecular flexibility index (Phi) is 4.78. The molecule has 2 aliphatic heterocycles. The van der Waals surface area contributed by atoms with Crippen LogP contribution < -0.4 is 9.64 Å². The first kappa shape index (κ1) is 16.8. The van der Waals surface area contributed by atoms with Crippen LogP contribution in [0, 0.1) is 17.8 Å². The van der Waals surface area contributed by atoms with Gasteiger partial charge in [0.05, 0.1) is 13.0 Å². The summed E-state index contributed by atoms with van der Waals surface area (Å²) >= 11 is 0. The number of carbonyl (C=O) groups is 2. The van der Waals surface area contributed by atoms with Crippen molar-refractivity contribution in [2.75, 3.05) is 31.6 Å². The lowest BCUT2D eigenvalue weighted by molar-refractivity contribution is -0.138. The topological polar surface area (TPSA) is 49.9 Å². The van der Waals surface area contributed by atoms with Gasteiger partial charge in [-0.25, -0.2) is 0 Å². The fourth-order valence-corrected chi connectivity index (χ4v) is 4.00. The number of piperidine rings is 1. The molecule has 2 amide bonds. The number of amides is 2. The molecule has 5 nitrogen and oxygen atoms in total. The number of hydrogen-bond donors (Lipinski definition) is 0. The summed E-state index contributed by atoms with van der Waals surface area (Å²) in [4.78, 5) is 28.9. The van der Waals surface area contributed by atoms with Crippen molar-refractivity contribution >= 4 is 17.5 Å². The molecule has 1 aromatic rings. The largest absolute Gasteiger partial charge is 0.497 e. The van der Waals surface area contributed by atoms with Gasteiger partial charge >= 0.3 is 0 Å². The molecule has 3 unspecified atom stereocenters. The van der Waals surface area contributed by atoms with Gasteiger partial charge in [-0.1, -0.05) is 19.9 Å². The number of hydrogen-bond acceptors (Lipinski definition) is 3. The van der Waals surface area contributed by atoms with Gasteiger partial charge in [0.15, 0.2) is 0 Å².